The molecule has 2 fully saturated rings. The number of nitrogens with zero attached hydrogens (tertiary/aromatic N) is 1. The van der Waals surface area contributed by atoms with Crippen molar-refractivity contribution in [1.82, 2.24) is 4.90 Å². The minimum absolute atomic E-state index is 0.260. The van der Waals surface area contributed by atoms with Gasteiger partial charge in [0.15, 0.2) is 0 Å². The van der Waals surface area contributed by atoms with Gasteiger partial charge in [-0.3, -0.25) is 4.90 Å². The highest BCUT2D eigenvalue weighted by Crippen LogP contribution is 2.44. The number of fused-ring (bicyclic) bond motifs is 1. The fourth-order valence-electron chi connectivity index (χ4n) is 4.58. The maximum absolute atomic E-state index is 11.9. The lowest BCUT2D eigenvalue weighted by Crippen LogP contribution is -2.38. The second kappa shape index (κ2) is 6.10. The van der Waals surface area contributed by atoms with Crippen LogP contribution in [-0.4, -0.2) is 29.1 Å². The molecule has 2 atom stereocenters. The Morgan fingerprint density at radius 2 is 1.48 bits per heavy atom. The number of hydrogen-bond donors (Lipinski definition) is 1. The maximum atomic E-state index is 11.9. The first-order valence-corrected chi connectivity index (χ1v) is 8.86. The largest absolute Gasteiger partial charge is 0.380 e. The van der Waals surface area contributed by atoms with E-state index in [9.17, 15) is 5.11 Å². The predicted molar refractivity (Wildman–Crippen MR) is 93.2 cm³/mol. The van der Waals surface area contributed by atoms with Crippen LogP contribution in [0.5, 0.6) is 0 Å². The van der Waals surface area contributed by atoms with Gasteiger partial charge in [0.1, 0.15) is 5.60 Å². The Morgan fingerprint density at radius 1 is 0.870 bits per heavy atom. The molecule has 2 nitrogen and oxygen atoms in total. The highest BCUT2D eigenvalue weighted by molar-refractivity contribution is 5.37. The molecule has 0 amide bonds. The van der Waals surface area contributed by atoms with Crippen molar-refractivity contribution < 1.29 is 5.11 Å². The summed E-state index contributed by atoms with van der Waals surface area (Å²) in [7, 11) is 0. The van der Waals surface area contributed by atoms with Gasteiger partial charge in [0.2, 0.25) is 0 Å². The van der Waals surface area contributed by atoms with Crippen molar-refractivity contribution in [2.75, 3.05) is 13.1 Å². The van der Waals surface area contributed by atoms with Gasteiger partial charge in [0.05, 0.1) is 0 Å². The van der Waals surface area contributed by atoms with Crippen molar-refractivity contribution in [2.45, 2.75) is 37.3 Å². The molecule has 0 radical (unpaired) electrons. The van der Waals surface area contributed by atoms with Crippen LogP contribution in [0, 0.1) is 5.92 Å². The number of piperidine rings is 1. The molecule has 0 saturated carbocycles. The molecule has 2 aromatic carbocycles. The van der Waals surface area contributed by atoms with Crippen molar-refractivity contribution in [3.05, 3.63) is 71.8 Å². The predicted octanol–water partition coefficient (Wildman–Crippen LogP) is 3.80. The second-order valence-corrected chi connectivity index (χ2v) is 7.08. The zero-order valence-electron chi connectivity index (χ0n) is 13.6. The van der Waals surface area contributed by atoms with Crippen LogP contribution in [0.15, 0.2) is 60.7 Å². The SMILES string of the molecule is OC(c1ccccc1)(c1ccccc1)[C@@H]1C[C@H]2CCCCN2C1. The van der Waals surface area contributed by atoms with Gasteiger partial charge in [-0.1, -0.05) is 67.1 Å². The summed E-state index contributed by atoms with van der Waals surface area (Å²) in [6, 6.07) is 21.1. The Morgan fingerprint density at radius 3 is 2.04 bits per heavy atom. The Bertz CT molecular complexity index is 586. The van der Waals surface area contributed by atoms with Gasteiger partial charge in [0, 0.05) is 18.5 Å². The quantitative estimate of drug-likeness (QED) is 0.932. The van der Waals surface area contributed by atoms with E-state index in [1.807, 2.05) is 36.4 Å². The Labute approximate surface area is 138 Å². The summed E-state index contributed by atoms with van der Waals surface area (Å²) in [5, 5.41) is 11.9. The molecular formula is C21H25NO. The topological polar surface area (TPSA) is 23.5 Å². The highest BCUT2D eigenvalue weighted by atomic mass is 16.3. The molecule has 0 bridgehead atoms. The van der Waals surface area contributed by atoms with E-state index in [0.29, 0.717) is 6.04 Å². The lowest BCUT2D eigenvalue weighted by molar-refractivity contribution is 0.0199. The minimum Gasteiger partial charge on any atom is -0.380 e. The van der Waals surface area contributed by atoms with E-state index >= 15 is 0 Å². The summed E-state index contributed by atoms with van der Waals surface area (Å²) in [6.45, 7) is 2.20. The van der Waals surface area contributed by atoms with Crippen LogP contribution < -0.4 is 0 Å². The number of hydrogen-bond acceptors (Lipinski definition) is 2. The molecule has 2 aliphatic heterocycles. The molecule has 120 valence electrons. The van der Waals surface area contributed by atoms with Crippen LogP contribution >= 0.6 is 0 Å². The Kier molecular flexibility index (Phi) is 3.96. The first kappa shape index (κ1) is 14.9. The maximum Gasteiger partial charge on any atom is 0.119 e. The first-order chi connectivity index (χ1) is 11.3. The first-order valence-electron chi connectivity index (χ1n) is 8.86. The van der Waals surface area contributed by atoms with Crippen molar-refractivity contribution in [2.24, 2.45) is 5.92 Å². The van der Waals surface area contributed by atoms with E-state index in [1.54, 1.807) is 0 Å². The van der Waals surface area contributed by atoms with Gasteiger partial charge in [-0.15, -0.1) is 0 Å². The second-order valence-electron chi connectivity index (χ2n) is 7.08. The molecule has 2 heteroatoms. The third-order valence-corrected chi connectivity index (χ3v) is 5.78. The van der Waals surface area contributed by atoms with Crippen molar-refractivity contribution >= 4 is 0 Å². The van der Waals surface area contributed by atoms with E-state index < -0.39 is 5.60 Å². The molecule has 4 rings (SSSR count). The van der Waals surface area contributed by atoms with Gasteiger partial charge in [-0.25, -0.2) is 0 Å². The van der Waals surface area contributed by atoms with Gasteiger partial charge in [0.25, 0.3) is 0 Å². The highest BCUT2D eigenvalue weighted by Gasteiger charge is 2.46. The molecule has 1 N–H and O–H groups in total. The third kappa shape index (κ3) is 2.60. The molecule has 2 heterocycles. The lowest BCUT2D eigenvalue weighted by atomic mass is 9.75. The van der Waals surface area contributed by atoms with E-state index in [-0.39, 0.29) is 5.92 Å². The number of rotatable bonds is 3. The van der Waals surface area contributed by atoms with Gasteiger partial charge in [-0.05, 0) is 36.9 Å². The standard InChI is InChI=1S/C21H25NO/c23-21(17-9-3-1-4-10-17,18-11-5-2-6-12-18)19-15-20-13-7-8-14-22(20)16-19/h1-6,9-12,19-20,23H,7-8,13-16H2/t19-,20-/m1/s1. The summed E-state index contributed by atoms with van der Waals surface area (Å²) < 4.78 is 0. The fourth-order valence-corrected chi connectivity index (χ4v) is 4.58. The number of aliphatic hydroxyl groups is 1. The Balaban J connectivity index is 1.74. The van der Waals surface area contributed by atoms with Crippen LogP contribution in [-0.2, 0) is 5.60 Å². The molecule has 2 aliphatic rings. The summed E-state index contributed by atoms with van der Waals surface area (Å²) in [5.41, 5.74) is 1.16. The smallest absolute Gasteiger partial charge is 0.119 e. The average Bonchev–Trinajstić information content (AvgIpc) is 3.07. The van der Waals surface area contributed by atoms with Gasteiger partial charge in [-0.2, -0.15) is 0 Å². The molecular weight excluding hydrogens is 282 g/mol. The monoisotopic (exact) mass is 307 g/mol. The van der Waals surface area contributed by atoms with Gasteiger partial charge >= 0.3 is 0 Å². The lowest BCUT2D eigenvalue weighted by Gasteiger charge is -2.35. The normalized spacial score (nSPS) is 25.3. The van der Waals surface area contributed by atoms with Crippen molar-refractivity contribution in [3.8, 4) is 0 Å². The van der Waals surface area contributed by atoms with Crippen LogP contribution in [0.2, 0.25) is 0 Å². The minimum atomic E-state index is -0.889. The Hall–Kier alpha value is -1.64. The van der Waals surface area contributed by atoms with Crippen LogP contribution in [0.25, 0.3) is 0 Å². The average molecular weight is 307 g/mol. The molecule has 0 aliphatic carbocycles. The van der Waals surface area contributed by atoms with E-state index in [1.165, 1.54) is 25.8 Å². The van der Waals surface area contributed by atoms with E-state index in [0.717, 1.165) is 24.1 Å². The van der Waals surface area contributed by atoms with Crippen LogP contribution in [0.3, 0.4) is 0 Å². The molecule has 23 heavy (non-hydrogen) atoms. The third-order valence-electron chi connectivity index (χ3n) is 5.78. The summed E-state index contributed by atoms with van der Waals surface area (Å²) in [4.78, 5) is 2.60. The molecule has 2 saturated heterocycles. The van der Waals surface area contributed by atoms with Crippen LogP contribution in [0.1, 0.15) is 36.8 Å². The zero-order valence-corrected chi connectivity index (χ0v) is 13.6. The fraction of sp³-hybridized carbons (Fsp3) is 0.429. The number of benzene rings is 2. The molecule has 0 spiro atoms. The molecule has 0 unspecified atom stereocenters. The van der Waals surface area contributed by atoms with E-state index in [2.05, 4.69) is 29.2 Å². The molecule has 2 aromatic rings. The van der Waals surface area contributed by atoms with E-state index in [4.69, 9.17) is 0 Å². The summed E-state index contributed by atoms with van der Waals surface area (Å²) in [6.07, 6.45) is 5.03. The van der Waals surface area contributed by atoms with Crippen LogP contribution in [0.4, 0.5) is 0 Å². The van der Waals surface area contributed by atoms with Gasteiger partial charge < -0.3 is 5.11 Å². The summed E-state index contributed by atoms with van der Waals surface area (Å²) >= 11 is 0. The van der Waals surface area contributed by atoms with Crippen molar-refractivity contribution in [3.63, 3.8) is 0 Å². The summed E-state index contributed by atoms with van der Waals surface area (Å²) in [5.74, 6) is 0.260. The van der Waals surface area contributed by atoms with Crippen molar-refractivity contribution in [1.29, 1.82) is 0 Å². The molecule has 0 aromatic heterocycles. The zero-order chi connectivity index (χ0) is 15.7.